The molecule has 0 radical (unpaired) electrons. The number of benzene rings is 2. The molecule has 2 heterocycles. The van der Waals surface area contributed by atoms with Crippen molar-refractivity contribution < 1.29 is 9.13 Å². The van der Waals surface area contributed by atoms with Gasteiger partial charge in [0.2, 0.25) is 0 Å². The largest absolute Gasteiger partial charge is 0.497 e. The molecule has 0 atom stereocenters. The maximum Gasteiger partial charge on any atom is 0.282 e. The van der Waals surface area contributed by atoms with Crippen molar-refractivity contribution in [1.29, 1.82) is 0 Å². The van der Waals surface area contributed by atoms with Crippen molar-refractivity contribution in [3.8, 4) is 5.75 Å². The second kappa shape index (κ2) is 8.71. The molecule has 0 fully saturated rings. The summed E-state index contributed by atoms with van der Waals surface area (Å²) >= 11 is 1.43. The molecule has 0 saturated heterocycles. The molecule has 0 aliphatic carbocycles. The highest BCUT2D eigenvalue weighted by molar-refractivity contribution is 7.98. The molecule has 0 N–H and O–H groups in total. The number of aryl methyl sites for hydroxylation is 1. The van der Waals surface area contributed by atoms with Crippen molar-refractivity contribution in [2.45, 2.75) is 30.9 Å². The number of halogens is 1. The molecule has 0 aliphatic heterocycles. The van der Waals surface area contributed by atoms with E-state index in [1.54, 1.807) is 36.2 Å². The molecular weight excluding hydrogens is 403 g/mol. The first-order chi connectivity index (χ1) is 14.6. The molecule has 6 nitrogen and oxygen atoms in total. The van der Waals surface area contributed by atoms with Crippen molar-refractivity contribution in [1.82, 2.24) is 19.3 Å². The van der Waals surface area contributed by atoms with Gasteiger partial charge in [-0.25, -0.2) is 9.37 Å². The lowest BCUT2D eigenvalue weighted by atomic mass is 10.2. The van der Waals surface area contributed by atoms with E-state index in [4.69, 9.17) is 4.74 Å². The highest BCUT2D eigenvalue weighted by atomic mass is 32.2. The number of ether oxygens (including phenoxy) is 1. The molecule has 154 valence electrons. The van der Waals surface area contributed by atoms with Crippen LogP contribution in [0.4, 0.5) is 4.39 Å². The van der Waals surface area contributed by atoms with Gasteiger partial charge in [0.1, 0.15) is 17.1 Å². The van der Waals surface area contributed by atoms with E-state index in [2.05, 4.69) is 10.1 Å². The Morgan fingerprint density at radius 1 is 1.17 bits per heavy atom. The number of methoxy groups -OCH3 is 1. The molecule has 30 heavy (non-hydrogen) atoms. The summed E-state index contributed by atoms with van der Waals surface area (Å²) in [6.07, 6.45) is 1.76. The van der Waals surface area contributed by atoms with Crippen molar-refractivity contribution in [3.63, 3.8) is 0 Å². The summed E-state index contributed by atoms with van der Waals surface area (Å²) in [5, 5.41) is 4.86. The minimum atomic E-state index is -0.354. The van der Waals surface area contributed by atoms with Crippen molar-refractivity contribution in [3.05, 3.63) is 82.0 Å². The Morgan fingerprint density at radius 3 is 2.77 bits per heavy atom. The summed E-state index contributed by atoms with van der Waals surface area (Å²) in [7, 11) is 1.62. The molecule has 2 aromatic carbocycles. The zero-order valence-electron chi connectivity index (χ0n) is 16.7. The maximum absolute atomic E-state index is 14.3. The number of rotatable bonds is 7. The lowest BCUT2D eigenvalue weighted by Gasteiger charge is -2.12. The third kappa shape index (κ3) is 4.09. The van der Waals surface area contributed by atoms with Crippen LogP contribution in [0.2, 0.25) is 0 Å². The van der Waals surface area contributed by atoms with Crippen molar-refractivity contribution in [2.75, 3.05) is 7.11 Å². The first kappa shape index (κ1) is 20.2. The summed E-state index contributed by atoms with van der Waals surface area (Å²) in [6.45, 7) is 2.67. The molecule has 0 unspecified atom stereocenters. The van der Waals surface area contributed by atoms with Gasteiger partial charge >= 0.3 is 0 Å². The Labute approximate surface area is 177 Å². The fourth-order valence-electron chi connectivity index (χ4n) is 3.14. The van der Waals surface area contributed by atoms with E-state index in [-0.39, 0.29) is 17.9 Å². The molecule has 4 rings (SSSR count). The molecule has 0 bridgehead atoms. The van der Waals surface area contributed by atoms with E-state index in [0.29, 0.717) is 34.1 Å². The first-order valence-electron chi connectivity index (χ1n) is 9.56. The Morgan fingerprint density at radius 2 is 2.00 bits per heavy atom. The monoisotopic (exact) mass is 424 g/mol. The van der Waals surface area contributed by atoms with Gasteiger partial charge < -0.3 is 4.74 Å². The fourth-order valence-corrected chi connectivity index (χ4v) is 4.08. The van der Waals surface area contributed by atoms with Crippen LogP contribution in [0.25, 0.3) is 11.0 Å². The Kier molecular flexibility index (Phi) is 5.85. The smallest absolute Gasteiger partial charge is 0.282 e. The van der Waals surface area contributed by atoms with Crippen LogP contribution in [0.3, 0.4) is 0 Å². The van der Waals surface area contributed by atoms with Crippen LogP contribution in [-0.4, -0.2) is 26.4 Å². The van der Waals surface area contributed by atoms with E-state index >= 15 is 0 Å². The number of fused-ring (bicyclic) bond motifs is 1. The highest BCUT2D eigenvalue weighted by Gasteiger charge is 2.16. The quantitative estimate of drug-likeness (QED) is 0.330. The van der Waals surface area contributed by atoms with Crippen LogP contribution in [0.1, 0.15) is 18.1 Å². The standard InChI is InChI=1S/C22H21FN4O2S/c1-3-26-13-19-20(25-26)21(28)27(12-16-8-4-5-10-18(16)23)22(24-19)30-14-15-7-6-9-17(11-15)29-2/h4-11,13H,3,12,14H2,1-2H3. The Hall–Kier alpha value is -3.13. The second-order valence-electron chi connectivity index (χ2n) is 6.74. The summed E-state index contributed by atoms with van der Waals surface area (Å²) in [4.78, 5) is 17.9. The van der Waals surface area contributed by atoms with Crippen LogP contribution >= 0.6 is 11.8 Å². The fraction of sp³-hybridized carbons (Fsp3) is 0.227. The second-order valence-corrected chi connectivity index (χ2v) is 7.68. The van der Waals surface area contributed by atoms with Gasteiger partial charge in [-0.3, -0.25) is 14.0 Å². The van der Waals surface area contributed by atoms with Crippen LogP contribution in [0.15, 0.2) is 64.7 Å². The van der Waals surface area contributed by atoms with Crippen molar-refractivity contribution in [2.24, 2.45) is 0 Å². The van der Waals surface area contributed by atoms with Crippen molar-refractivity contribution >= 4 is 22.8 Å². The minimum absolute atomic E-state index is 0.0911. The van der Waals surface area contributed by atoms with Gasteiger partial charge in [-0.15, -0.1) is 0 Å². The zero-order valence-corrected chi connectivity index (χ0v) is 17.5. The highest BCUT2D eigenvalue weighted by Crippen LogP contribution is 2.25. The SMILES string of the molecule is CCn1cc2nc(SCc3cccc(OC)c3)n(Cc3ccccc3F)c(=O)c2n1. The summed E-state index contributed by atoms with van der Waals surface area (Å²) in [5.41, 5.74) is 2.02. The molecule has 0 saturated carbocycles. The van der Waals surface area contributed by atoms with E-state index in [9.17, 15) is 9.18 Å². The predicted molar refractivity (Wildman–Crippen MR) is 116 cm³/mol. The van der Waals surface area contributed by atoms with Gasteiger partial charge in [0.05, 0.1) is 19.9 Å². The number of nitrogens with zero attached hydrogens (tertiary/aromatic N) is 4. The van der Waals surface area contributed by atoms with E-state index in [1.807, 2.05) is 31.2 Å². The normalized spacial score (nSPS) is 11.2. The topological polar surface area (TPSA) is 61.9 Å². The van der Waals surface area contributed by atoms with E-state index in [0.717, 1.165) is 11.3 Å². The number of hydrogen-bond acceptors (Lipinski definition) is 5. The minimum Gasteiger partial charge on any atom is -0.497 e. The molecule has 2 aromatic heterocycles. The average Bonchev–Trinajstić information content (AvgIpc) is 3.19. The number of thioether (sulfide) groups is 1. The predicted octanol–water partition coefficient (Wildman–Crippen LogP) is 4.10. The summed E-state index contributed by atoms with van der Waals surface area (Å²) in [5.74, 6) is 1.01. The Bertz CT molecular complexity index is 1250. The first-order valence-corrected chi connectivity index (χ1v) is 10.5. The van der Waals surface area contributed by atoms with Gasteiger partial charge in [-0.05, 0) is 30.7 Å². The van der Waals surface area contributed by atoms with E-state index < -0.39 is 0 Å². The summed E-state index contributed by atoms with van der Waals surface area (Å²) in [6, 6.07) is 14.2. The van der Waals surface area contributed by atoms with Gasteiger partial charge in [-0.1, -0.05) is 42.1 Å². The van der Waals surface area contributed by atoms with Crippen LogP contribution < -0.4 is 10.3 Å². The third-order valence-electron chi connectivity index (χ3n) is 4.75. The average molecular weight is 425 g/mol. The molecule has 4 aromatic rings. The summed E-state index contributed by atoms with van der Waals surface area (Å²) < 4.78 is 22.7. The van der Waals surface area contributed by atoms with Gasteiger partial charge in [0.25, 0.3) is 5.56 Å². The number of hydrogen-bond donors (Lipinski definition) is 0. The molecule has 0 aliphatic rings. The molecule has 0 spiro atoms. The van der Waals surface area contributed by atoms with Gasteiger partial charge in [0.15, 0.2) is 10.7 Å². The molecule has 0 amide bonds. The van der Waals surface area contributed by atoms with Gasteiger partial charge in [-0.2, -0.15) is 5.10 Å². The maximum atomic E-state index is 14.3. The lowest BCUT2D eigenvalue weighted by Crippen LogP contribution is -2.24. The van der Waals surface area contributed by atoms with Gasteiger partial charge in [0, 0.05) is 17.9 Å². The lowest BCUT2D eigenvalue weighted by molar-refractivity contribution is 0.414. The molecular formula is C22H21FN4O2S. The van der Waals surface area contributed by atoms with Crippen LogP contribution in [0, 0.1) is 5.82 Å². The third-order valence-corrected chi connectivity index (χ3v) is 5.80. The molecule has 8 heteroatoms. The zero-order chi connectivity index (χ0) is 21.1. The van der Waals surface area contributed by atoms with Crippen LogP contribution in [0.5, 0.6) is 5.75 Å². The number of aromatic nitrogens is 4. The van der Waals surface area contributed by atoms with E-state index in [1.165, 1.54) is 22.4 Å². The Balaban J connectivity index is 1.75. The van der Waals surface area contributed by atoms with Crippen LogP contribution in [-0.2, 0) is 18.8 Å².